The van der Waals surface area contributed by atoms with E-state index < -0.39 is 17.6 Å². The van der Waals surface area contributed by atoms with E-state index in [0.717, 1.165) is 25.4 Å². The second kappa shape index (κ2) is 8.91. The van der Waals surface area contributed by atoms with Crippen molar-refractivity contribution in [2.75, 3.05) is 26.2 Å². The number of aliphatic imine (C=N–C) groups is 1. The third kappa shape index (κ3) is 4.21. The summed E-state index contributed by atoms with van der Waals surface area (Å²) in [6, 6.07) is 5.19. The fourth-order valence-corrected chi connectivity index (χ4v) is 3.54. The van der Waals surface area contributed by atoms with Crippen LogP contribution in [0.1, 0.15) is 38.3 Å². The standard InChI is InChI=1S/C21H25F3N4O2/c1-4-16-20-19(26-30-16)18(14-9-7-8-10-15(14)21(22,23)24)25-13-17(29)28(20)12-11-27(5-2)6-3/h7-10,13,26H,4-6,11-12H2,1-3H3. The minimum atomic E-state index is -4.56. The molecule has 0 atom stereocenters. The van der Waals surface area contributed by atoms with Crippen LogP contribution in [0.25, 0.3) is 5.70 Å². The number of fused-ring (bicyclic) bond motifs is 1. The normalized spacial score (nSPS) is 16.8. The number of halogens is 3. The smallest absolute Gasteiger partial charge is 0.384 e. The Morgan fingerprint density at radius 1 is 1.17 bits per heavy atom. The van der Waals surface area contributed by atoms with Crippen LogP contribution in [-0.4, -0.2) is 48.1 Å². The Morgan fingerprint density at radius 2 is 1.87 bits per heavy atom. The Balaban J connectivity index is 2.12. The SMILES string of the molecule is CCC1=C2C(=C(c3ccccc3C(F)(F)F)N=CC(=O)N2CCN(CC)CC)NO1. The van der Waals surface area contributed by atoms with E-state index in [1.54, 1.807) is 0 Å². The van der Waals surface area contributed by atoms with Crippen LogP contribution < -0.4 is 5.48 Å². The number of allylic oxidation sites excluding steroid dienone is 1. The number of hydroxylamine groups is 1. The van der Waals surface area contributed by atoms with Gasteiger partial charge in [0.2, 0.25) is 0 Å². The Morgan fingerprint density at radius 3 is 2.50 bits per heavy atom. The topological polar surface area (TPSA) is 57.2 Å². The molecule has 2 heterocycles. The molecule has 162 valence electrons. The number of likely N-dealkylation sites (N-methyl/N-ethyl adjacent to an activating group) is 1. The van der Waals surface area contributed by atoms with Crippen LogP contribution >= 0.6 is 0 Å². The van der Waals surface area contributed by atoms with Crippen LogP contribution in [0.4, 0.5) is 13.2 Å². The van der Waals surface area contributed by atoms with Crippen molar-refractivity contribution in [1.82, 2.24) is 15.3 Å². The molecule has 1 aromatic carbocycles. The molecule has 0 saturated carbocycles. The summed E-state index contributed by atoms with van der Waals surface area (Å²) in [7, 11) is 0. The third-order valence-electron chi connectivity index (χ3n) is 5.20. The van der Waals surface area contributed by atoms with Crippen molar-refractivity contribution in [2.45, 2.75) is 33.4 Å². The van der Waals surface area contributed by atoms with Gasteiger partial charge in [-0.2, -0.15) is 13.2 Å². The van der Waals surface area contributed by atoms with Gasteiger partial charge in [0.1, 0.15) is 11.4 Å². The fraction of sp³-hybridized carbons (Fsp3) is 0.429. The Hall–Kier alpha value is -2.81. The van der Waals surface area contributed by atoms with Gasteiger partial charge in [-0.3, -0.25) is 4.79 Å². The number of rotatable bonds is 7. The van der Waals surface area contributed by atoms with Crippen LogP contribution in [0.15, 0.2) is 46.4 Å². The number of alkyl halides is 3. The minimum absolute atomic E-state index is 0.0278. The molecule has 1 N–H and O–H groups in total. The average Bonchev–Trinajstić information content (AvgIpc) is 3.08. The molecule has 0 spiro atoms. The van der Waals surface area contributed by atoms with Gasteiger partial charge in [-0.25, -0.2) is 10.5 Å². The van der Waals surface area contributed by atoms with Gasteiger partial charge < -0.3 is 14.6 Å². The molecule has 1 aromatic rings. The lowest BCUT2D eigenvalue weighted by atomic mass is 10.0. The first-order valence-electron chi connectivity index (χ1n) is 9.96. The average molecular weight is 422 g/mol. The van der Waals surface area contributed by atoms with E-state index >= 15 is 0 Å². The zero-order valence-electron chi connectivity index (χ0n) is 17.2. The third-order valence-corrected chi connectivity index (χ3v) is 5.20. The molecule has 0 radical (unpaired) electrons. The first kappa shape index (κ1) is 21.9. The molecule has 2 aliphatic heterocycles. The first-order valence-corrected chi connectivity index (χ1v) is 9.96. The van der Waals surface area contributed by atoms with Crippen molar-refractivity contribution in [3.8, 4) is 0 Å². The largest absolute Gasteiger partial charge is 0.417 e. The lowest BCUT2D eigenvalue weighted by molar-refractivity contribution is -0.137. The number of nitrogens with zero attached hydrogens (tertiary/aromatic N) is 3. The number of benzene rings is 1. The van der Waals surface area contributed by atoms with Crippen LogP contribution in [0.3, 0.4) is 0 Å². The van der Waals surface area contributed by atoms with Crippen LogP contribution in [0.5, 0.6) is 0 Å². The summed E-state index contributed by atoms with van der Waals surface area (Å²) in [6.45, 7) is 8.56. The molecular weight excluding hydrogens is 397 g/mol. The highest BCUT2D eigenvalue weighted by Crippen LogP contribution is 2.40. The van der Waals surface area contributed by atoms with Gasteiger partial charge in [0.25, 0.3) is 5.91 Å². The van der Waals surface area contributed by atoms with Crippen molar-refractivity contribution in [3.63, 3.8) is 0 Å². The number of hydrogen-bond acceptors (Lipinski definition) is 5. The summed E-state index contributed by atoms with van der Waals surface area (Å²) in [6.07, 6.45) is -3.01. The second-order valence-corrected chi connectivity index (χ2v) is 6.87. The van der Waals surface area contributed by atoms with Crippen LogP contribution in [0, 0.1) is 0 Å². The van der Waals surface area contributed by atoms with E-state index in [2.05, 4.69) is 15.4 Å². The Labute approximate surface area is 173 Å². The molecule has 0 saturated heterocycles. The van der Waals surface area contributed by atoms with Crippen molar-refractivity contribution in [3.05, 3.63) is 52.5 Å². The Kier molecular flexibility index (Phi) is 6.50. The summed E-state index contributed by atoms with van der Waals surface area (Å²) < 4.78 is 40.8. The lowest BCUT2D eigenvalue weighted by Gasteiger charge is -2.25. The van der Waals surface area contributed by atoms with Crippen LogP contribution in [-0.2, 0) is 15.8 Å². The molecule has 3 rings (SSSR count). The molecule has 6 nitrogen and oxygen atoms in total. The maximum Gasteiger partial charge on any atom is 0.417 e. The van der Waals surface area contributed by atoms with E-state index in [1.807, 2.05) is 20.8 Å². The zero-order valence-corrected chi connectivity index (χ0v) is 17.2. The lowest BCUT2D eigenvalue weighted by Crippen LogP contribution is -2.39. The number of hydrogen-bond donors (Lipinski definition) is 1. The zero-order chi connectivity index (χ0) is 21.9. The van der Waals surface area contributed by atoms with Crippen molar-refractivity contribution in [1.29, 1.82) is 0 Å². The predicted molar refractivity (Wildman–Crippen MR) is 108 cm³/mol. The van der Waals surface area contributed by atoms with Crippen molar-refractivity contribution in [2.24, 2.45) is 4.99 Å². The van der Waals surface area contributed by atoms with Gasteiger partial charge >= 0.3 is 6.18 Å². The number of carbonyl (C=O) groups excluding carboxylic acids is 1. The summed E-state index contributed by atoms with van der Waals surface area (Å²) in [5.74, 6) is 0.0952. The highest BCUT2D eigenvalue weighted by molar-refractivity contribution is 6.28. The second-order valence-electron chi connectivity index (χ2n) is 6.87. The fourth-order valence-electron chi connectivity index (χ4n) is 3.54. The molecule has 0 aromatic heterocycles. The monoisotopic (exact) mass is 422 g/mol. The van der Waals surface area contributed by atoms with Crippen molar-refractivity contribution < 1.29 is 22.8 Å². The van der Waals surface area contributed by atoms with Gasteiger partial charge in [0.15, 0.2) is 5.76 Å². The van der Waals surface area contributed by atoms with Crippen LogP contribution in [0.2, 0.25) is 0 Å². The van der Waals surface area contributed by atoms with E-state index in [-0.39, 0.29) is 17.0 Å². The summed E-state index contributed by atoms with van der Waals surface area (Å²) in [5, 5.41) is 0. The van der Waals surface area contributed by atoms with Gasteiger partial charge in [0, 0.05) is 25.1 Å². The Bertz CT molecular complexity index is 902. The van der Waals surface area contributed by atoms with Gasteiger partial charge in [-0.1, -0.05) is 39.0 Å². The summed E-state index contributed by atoms with van der Waals surface area (Å²) in [4.78, 5) is 26.2. The number of carbonyl (C=O) groups is 1. The predicted octanol–water partition coefficient (Wildman–Crippen LogP) is 3.79. The first-order chi connectivity index (χ1) is 14.3. The van der Waals surface area contributed by atoms with Gasteiger partial charge in [-0.15, -0.1) is 0 Å². The maximum atomic E-state index is 13.6. The van der Waals surface area contributed by atoms with Crippen molar-refractivity contribution >= 4 is 17.8 Å². The van der Waals surface area contributed by atoms with E-state index in [0.29, 0.717) is 31.0 Å². The minimum Gasteiger partial charge on any atom is -0.384 e. The highest BCUT2D eigenvalue weighted by atomic mass is 19.4. The molecule has 0 bridgehead atoms. The molecule has 30 heavy (non-hydrogen) atoms. The maximum absolute atomic E-state index is 13.6. The van der Waals surface area contributed by atoms with E-state index in [9.17, 15) is 18.0 Å². The van der Waals surface area contributed by atoms with E-state index in [4.69, 9.17) is 4.84 Å². The number of amides is 1. The van der Waals surface area contributed by atoms with E-state index in [1.165, 1.54) is 23.1 Å². The van der Waals surface area contributed by atoms with Gasteiger partial charge in [-0.05, 0) is 19.2 Å². The molecule has 1 amide bonds. The molecular formula is C21H25F3N4O2. The summed E-state index contributed by atoms with van der Waals surface area (Å²) >= 11 is 0. The van der Waals surface area contributed by atoms with Gasteiger partial charge in [0.05, 0.1) is 17.5 Å². The number of nitrogens with one attached hydrogen (secondary N) is 1. The summed E-state index contributed by atoms with van der Waals surface area (Å²) in [5.41, 5.74) is 2.52. The highest BCUT2D eigenvalue weighted by Gasteiger charge is 2.38. The molecule has 9 heteroatoms. The molecule has 2 aliphatic rings. The quantitative estimate of drug-likeness (QED) is 0.727. The molecule has 0 fully saturated rings. The molecule has 0 aliphatic carbocycles. The molecule has 0 unspecified atom stereocenters.